The number of hydrogen-bond donors (Lipinski definition) is 1. The van der Waals surface area contributed by atoms with Crippen LogP contribution in [0.4, 0.5) is 5.69 Å². The number of halogens is 1. The molecule has 0 bridgehead atoms. The van der Waals surface area contributed by atoms with Crippen LogP contribution < -0.4 is 14.8 Å². The Labute approximate surface area is 132 Å². The van der Waals surface area contributed by atoms with Gasteiger partial charge in [0, 0.05) is 16.2 Å². The summed E-state index contributed by atoms with van der Waals surface area (Å²) in [6, 6.07) is 10.8. The maximum Gasteiger partial charge on any atom is 0.259 e. The van der Waals surface area contributed by atoms with E-state index in [2.05, 4.69) is 21.2 Å². The summed E-state index contributed by atoms with van der Waals surface area (Å²) in [5, 5.41) is 2.89. The summed E-state index contributed by atoms with van der Waals surface area (Å²) in [6.45, 7) is 1.94. The molecule has 2 aromatic rings. The molecule has 2 rings (SSSR count). The second-order valence-electron chi connectivity index (χ2n) is 4.48. The lowest BCUT2D eigenvalue weighted by atomic mass is 10.1. The van der Waals surface area contributed by atoms with Gasteiger partial charge >= 0.3 is 0 Å². The molecule has 1 amide bonds. The van der Waals surface area contributed by atoms with Gasteiger partial charge in [0.1, 0.15) is 11.5 Å². The lowest BCUT2D eigenvalue weighted by molar-refractivity contribution is 0.102. The lowest BCUT2D eigenvalue weighted by Gasteiger charge is -2.12. The second kappa shape index (κ2) is 6.63. The molecule has 0 aliphatic carbocycles. The number of carbonyl (C=O) groups is 1. The van der Waals surface area contributed by atoms with Crippen LogP contribution in [-0.4, -0.2) is 20.1 Å². The molecule has 0 saturated carbocycles. The number of ether oxygens (including phenoxy) is 2. The first-order valence-electron chi connectivity index (χ1n) is 6.34. The fraction of sp³-hybridized carbons (Fsp3) is 0.188. The van der Waals surface area contributed by atoms with E-state index in [1.165, 1.54) is 7.11 Å². The fourth-order valence-corrected chi connectivity index (χ4v) is 2.42. The lowest BCUT2D eigenvalue weighted by Crippen LogP contribution is -2.14. The highest BCUT2D eigenvalue weighted by molar-refractivity contribution is 9.10. The second-order valence-corrected chi connectivity index (χ2v) is 5.40. The molecule has 0 aliphatic rings. The number of methoxy groups -OCH3 is 2. The molecule has 21 heavy (non-hydrogen) atoms. The molecule has 110 valence electrons. The number of nitrogens with one attached hydrogen (secondary N) is 1. The zero-order valence-electron chi connectivity index (χ0n) is 12.1. The summed E-state index contributed by atoms with van der Waals surface area (Å²) in [4.78, 5) is 12.4. The molecule has 0 atom stereocenters. The van der Waals surface area contributed by atoms with Crippen molar-refractivity contribution in [2.24, 2.45) is 0 Å². The molecular weight excluding hydrogens is 334 g/mol. The average molecular weight is 350 g/mol. The normalized spacial score (nSPS) is 10.1. The van der Waals surface area contributed by atoms with Gasteiger partial charge in [-0.1, -0.05) is 15.9 Å². The molecule has 0 aromatic heterocycles. The van der Waals surface area contributed by atoms with Crippen molar-refractivity contribution in [3.8, 4) is 11.5 Å². The first-order valence-corrected chi connectivity index (χ1v) is 7.14. The minimum absolute atomic E-state index is 0.222. The Bertz CT molecular complexity index is 671. The van der Waals surface area contributed by atoms with E-state index in [9.17, 15) is 4.79 Å². The number of benzene rings is 2. The van der Waals surface area contributed by atoms with Crippen LogP contribution in [-0.2, 0) is 0 Å². The molecule has 5 heteroatoms. The van der Waals surface area contributed by atoms with Gasteiger partial charge in [-0.15, -0.1) is 0 Å². The van der Waals surface area contributed by atoms with Crippen molar-refractivity contribution in [2.75, 3.05) is 19.5 Å². The molecule has 0 fully saturated rings. The van der Waals surface area contributed by atoms with E-state index in [4.69, 9.17) is 9.47 Å². The molecule has 0 heterocycles. The van der Waals surface area contributed by atoms with Crippen molar-refractivity contribution in [3.05, 3.63) is 52.0 Å². The summed E-state index contributed by atoms with van der Waals surface area (Å²) in [6.07, 6.45) is 0. The largest absolute Gasteiger partial charge is 0.497 e. The highest BCUT2D eigenvalue weighted by atomic mass is 79.9. The molecule has 4 nitrogen and oxygen atoms in total. The van der Waals surface area contributed by atoms with Crippen LogP contribution >= 0.6 is 15.9 Å². The molecule has 0 radical (unpaired) electrons. The van der Waals surface area contributed by atoms with Crippen molar-refractivity contribution in [1.29, 1.82) is 0 Å². The minimum Gasteiger partial charge on any atom is -0.497 e. The molecule has 0 spiro atoms. The Morgan fingerprint density at radius 3 is 2.48 bits per heavy atom. The van der Waals surface area contributed by atoms with E-state index in [-0.39, 0.29) is 5.91 Å². The zero-order chi connectivity index (χ0) is 15.4. The van der Waals surface area contributed by atoms with Gasteiger partial charge in [-0.3, -0.25) is 4.79 Å². The monoisotopic (exact) mass is 349 g/mol. The third-order valence-electron chi connectivity index (χ3n) is 3.09. The van der Waals surface area contributed by atoms with Crippen molar-refractivity contribution < 1.29 is 14.3 Å². The summed E-state index contributed by atoms with van der Waals surface area (Å²) < 4.78 is 11.3. The summed E-state index contributed by atoms with van der Waals surface area (Å²) in [7, 11) is 3.09. The van der Waals surface area contributed by atoms with Crippen molar-refractivity contribution >= 4 is 27.5 Å². The molecule has 1 N–H and O–H groups in total. The number of amides is 1. The third kappa shape index (κ3) is 3.55. The third-order valence-corrected chi connectivity index (χ3v) is 3.58. The highest BCUT2D eigenvalue weighted by Gasteiger charge is 2.14. The van der Waals surface area contributed by atoms with Crippen molar-refractivity contribution in [1.82, 2.24) is 0 Å². The quantitative estimate of drug-likeness (QED) is 0.906. The van der Waals surface area contributed by atoms with Crippen LogP contribution in [0.1, 0.15) is 15.9 Å². The van der Waals surface area contributed by atoms with Crippen LogP contribution in [0.25, 0.3) is 0 Å². The average Bonchev–Trinajstić information content (AvgIpc) is 2.49. The van der Waals surface area contributed by atoms with Crippen molar-refractivity contribution in [2.45, 2.75) is 6.92 Å². The van der Waals surface area contributed by atoms with Gasteiger partial charge in [0.25, 0.3) is 5.91 Å². The molecule has 0 saturated heterocycles. The number of anilines is 1. The zero-order valence-corrected chi connectivity index (χ0v) is 13.7. The predicted molar refractivity (Wildman–Crippen MR) is 86.4 cm³/mol. The van der Waals surface area contributed by atoms with Crippen LogP contribution in [0, 0.1) is 6.92 Å². The molecular formula is C16H16BrNO3. The van der Waals surface area contributed by atoms with E-state index in [0.29, 0.717) is 17.1 Å². The van der Waals surface area contributed by atoms with Crippen LogP contribution in [0.2, 0.25) is 0 Å². The maximum absolute atomic E-state index is 12.4. The molecule has 0 aliphatic heterocycles. The van der Waals surface area contributed by atoms with Gasteiger partial charge in [-0.05, 0) is 42.8 Å². The number of hydrogen-bond acceptors (Lipinski definition) is 3. The Kier molecular flexibility index (Phi) is 4.85. The van der Waals surface area contributed by atoms with Gasteiger partial charge in [0.15, 0.2) is 0 Å². The topological polar surface area (TPSA) is 47.6 Å². The Hall–Kier alpha value is -2.01. The van der Waals surface area contributed by atoms with E-state index in [1.807, 2.05) is 25.1 Å². The van der Waals surface area contributed by atoms with Gasteiger partial charge in [0.2, 0.25) is 0 Å². The molecule has 0 unspecified atom stereocenters. The van der Waals surface area contributed by atoms with Crippen LogP contribution in [0.3, 0.4) is 0 Å². The van der Waals surface area contributed by atoms with E-state index in [1.54, 1.807) is 25.3 Å². The first-order chi connectivity index (χ1) is 10.0. The van der Waals surface area contributed by atoms with Gasteiger partial charge in [-0.25, -0.2) is 0 Å². The van der Waals surface area contributed by atoms with Crippen LogP contribution in [0.5, 0.6) is 11.5 Å². The van der Waals surface area contributed by atoms with Crippen LogP contribution in [0.15, 0.2) is 40.9 Å². The number of carbonyl (C=O) groups excluding carboxylic acids is 1. The van der Waals surface area contributed by atoms with Crippen molar-refractivity contribution in [3.63, 3.8) is 0 Å². The summed E-state index contributed by atoms with van der Waals surface area (Å²) in [5.41, 5.74) is 2.20. The fourth-order valence-electron chi connectivity index (χ4n) is 1.94. The van der Waals surface area contributed by atoms with Gasteiger partial charge in [-0.2, -0.15) is 0 Å². The Balaban J connectivity index is 2.28. The van der Waals surface area contributed by atoms with Gasteiger partial charge in [0.05, 0.1) is 19.8 Å². The highest BCUT2D eigenvalue weighted by Crippen LogP contribution is 2.26. The van der Waals surface area contributed by atoms with E-state index in [0.717, 1.165) is 15.7 Å². The minimum atomic E-state index is -0.222. The van der Waals surface area contributed by atoms with E-state index < -0.39 is 0 Å². The predicted octanol–water partition coefficient (Wildman–Crippen LogP) is 4.03. The maximum atomic E-state index is 12.4. The number of aryl methyl sites for hydroxylation is 1. The first kappa shape index (κ1) is 15.4. The van der Waals surface area contributed by atoms with E-state index >= 15 is 0 Å². The summed E-state index contributed by atoms with van der Waals surface area (Å²) in [5.74, 6) is 0.893. The smallest absolute Gasteiger partial charge is 0.259 e. The number of rotatable bonds is 4. The standard InChI is InChI=1S/C16H16BrNO3/c1-10-8-11(17)4-7-14(10)18-16(19)13-6-5-12(20-2)9-15(13)21-3/h4-9H,1-3H3,(H,18,19). The van der Waals surface area contributed by atoms with Gasteiger partial charge < -0.3 is 14.8 Å². The molecule has 2 aromatic carbocycles. The Morgan fingerprint density at radius 2 is 1.86 bits per heavy atom. The Morgan fingerprint density at radius 1 is 1.10 bits per heavy atom. The summed E-state index contributed by atoms with van der Waals surface area (Å²) >= 11 is 3.40. The SMILES string of the molecule is COc1ccc(C(=O)Nc2ccc(Br)cc2C)c(OC)c1.